The Bertz CT molecular complexity index is 421. The fraction of sp³-hybridized carbons (Fsp3) is 0.462. The van der Waals surface area contributed by atoms with Crippen molar-refractivity contribution in [2.75, 3.05) is 6.54 Å². The summed E-state index contributed by atoms with van der Waals surface area (Å²) in [6.45, 7) is 5.42. The van der Waals surface area contributed by atoms with Gasteiger partial charge >= 0.3 is 0 Å². The van der Waals surface area contributed by atoms with Gasteiger partial charge in [-0.2, -0.15) is 0 Å². The molecule has 0 aromatic heterocycles. The standard InChI is InChI=1S/C13H18FNO3/c1-4-15-13(17)9(3)18-12-7-10(14)5-6-11(12)8(2)16/h5-9,16H,4H2,1-3H3,(H,15,17)/t8-,9?/m1/s1. The molecule has 1 unspecified atom stereocenters. The molecular formula is C13H18FNO3. The molecule has 0 spiro atoms. The fourth-order valence-electron chi connectivity index (χ4n) is 1.52. The van der Waals surface area contributed by atoms with E-state index in [0.717, 1.165) is 6.07 Å². The van der Waals surface area contributed by atoms with Crippen LogP contribution in [0.4, 0.5) is 4.39 Å². The van der Waals surface area contributed by atoms with Crippen molar-refractivity contribution in [2.24, 2.45) is 0 Å². The molecule has 2 N–H and O–H groups in total. The van der Waals surface area contributed by atoms with Gasteiger partial charge in [0.1, 0.15) is 11.6 Å². The van der Waals surface area contributed by atoms with Crippen molar-refractivity contribution in [3.05, 3.63) is 29.6 Å². The first-order chi connectivity index (χ1) is 8.45. The molecule has 0 saturated carbocycles. The highest BCUT2D eigenvalue weighted by atomic mass is 19.1. The second-order valence-electron chi connectivity index (χ2n) is 4.01. The van der Waals surface area contributed by atoms with Crippen LogP contribution < -0.4 is 10.1 Å². The molecule has 2 atom stereocenters. The smallest absolute Gasteiger partial charge is 0.260 e. The Hall–Kier alpha value is -1.62. The van der Waals surface area contributed by atoms with E-state index in [2.05, 4.69) is 5.32 Å². The van der Waals surface area contributed by atoms with Crippen molar-refractivity contribution in [3.63, 3.8) is 0 Å². The minimum atomic E-state index is -0.790. The van der Waals surface area contributed by atoms with E-state index in [4.69, 9.17) is 4.74 Å². The third-order valence-electron chi connectivity index (χ3n) is 2.45. The van der Waals surface area contributed by atoms with Crippen LogP contribution in [0.2, 0.25) is 0 Å². The number of benzene rings is 1. The Labute approximate surface area is 106 Å². The van der Waals surface area contributed by atoms with Crippen molar-refractivity contribution in [2.45, 2.75) is 33.0 Å². The third kappa shape index (κ3) is 3.70. The van der Waals surface area contributed by atoms with Gasteiger partial charge in [0, 0.05) is 18.2 Å². The lowest BCUT2D eigenvalue weighted by molar-refractivity contribution is -0.127. The topological polar surface area (TPSA) is 58.6 Å². The lowest BCUT2D eigenvalue weighted by Crippen LogP contribution is -2.36. The number of amides is 1. The van der Waals surface area contributed by atoms with E-state index in [1.165, 1.54) is 12.1 Å². The van der Waals surface area contributed by atoms with Crippen LogP contribution >= 0.6 is 0 Å². The van der Waals surface area contributed by atoms with Gasteiger partial charge in [-0.25, -0.2) is 4.39 Å². The van der Waals surface area contributed by atoms with Gasteiger partial charge in [-0.15, -0.1) is 0 Å². The van der Waals surface area contributed by atoms with Crippen molar-refractivity contribution in [1.29, 1.82) is 0 Å². The lowest BCUT2D eigenvalue weighted by Gasteiger charge is -2.18. The summed E-state index contributed by atoms with van der Waals surface area (Å²) in [5, 5.41) is 12.2. The van der Waals surface area contributed by atoms with E-state index in [0.29, 0.717) is 12.1 Å². The molecule has 0 radical (unpaired) electrons. The van der Waals surface area contributed by atoms with E-state index >= 15 is 0 Å². The Morgan fingerprint density at radius 3 is 2.72 bits per heavy atom. The monoisotopic (exact) mass is 255 g/mol. The van der Waals surface area contributed by atoms with Crippen LogP contribution in [-0.4, -0.2) is 23.7 Å². The zero-order valence-electron chi connectivity index (χ0n) is 10.7. The molecule has 0 aliphatic carbocycles. The third-order valence-corrected chi connectivity index (χ3v) is 2.45. The summed E-state index contributed by atoms with van der Waals surface area (Å²) in [6, 6.07) is 3.85. The number of ether oxygens (including phenoxy) is 1. The number of rotatable bonds is 5. The van der Waals surface area contributed by atoms with Crippen molar-refractivity contribution in [3.8, 4) is 5.75 Å². The molecule has 1 amide bonds. The van der Waals surface area contributed by atoms with Crippen molar-refractivity contribution in [1.82, 2.24) is 5.32 Å². The summed E-state index contributed by atoms with van der Waals surface area (Å²) < 4.78 is 18.5. The summed E-state index contributed by atoms with van der Waals surface area (Å²) in [5.74, 6) is -0.570. The number of nitrogens with one attached hydrogen (secondary N) is 1. The molecule has 100 valence electrons. The van der Waals surface area contributed by atoms with E-state index in [-0.39, 0.29) is 11.7 Å². The van der Waals surface area contributed by atoms with Crippen LogP contribution in [0.5, 0.6) is 5.75 Å². The molecule has 1 aromatic rings. The van der Waals surface area contributed by atoms with Gasteiger partial charge in [0.15, 0.2) is 6.10 Å². The average Bonchev–Trinajstić information content (AvgIpc) is 2.28. The van der Waals surface area contributed by atoms with E-state index in [9.17, 15) is 14.3 Å². The maximum Gasteiger partial charge on any atom is 0.260 e. The van der Waals surface area contributed by atoms with Crippen molar-refractivity contribution >= 4 is 5.91 Å². The zero-order chi connectivity index (χ0) is 13.7. The predicted octanol–water partition coefficient (Wildman–Crippen LogP) is 1.78. The van der Waals surface area contributed by atoms with Crippen LogP contribution in [0.1, 0.15) is 32.4 Å². The van der Waals surface area contributed by atoms with Gasteiger partial charge in [-0.05, 0) is 32.9 Å². The molecule has 0 saturated heterocycles. The van der Waals surface area contributed by atoms with Gasteiger partial charge in [0.2, 0.25) is 0 Å². The second-order valence-corrected chi connectivity index (χ2v) is 4.01. The summed E-state index contributed by atoms with van der Waals surface area (Å²) in [4.78, 5) is 11.5. The fourth-order valence-corrected chi connectivity index (χ4v) is 1.52. The minimum absolute atomic E-state index is 0.184. The van der Waals surface area contributed by atoms with Gasteiger partial charge in [-0.1, -0.05) is 0 Å². The Kier molecular flexibility index (Phi) is 5.09. The van der Waals surface area contributed by atoms with Crippen LogP contribution in [-0.2, 0) is 4.79 Å². The zero-order valence-corrected chi connectivity index (χ0v) is 10.7. The average molecular weight is 255 g/mol. The predicted molar refractivity (Wildman–Crippen MR) is 65.8 cm³/mol. The van der Waals surface area contributed by atoms with E-state index < -0.39 is 18.0 Å². The number of halogens is 1. The molecule has 0 aliphatic rings. The van der Waals surface area contributed by atoms with Crippen LogP contribution in [0.25, 0.3) is 0 Å². The molecule has 0 fully saturated rings. The largest absolute Gasteiger partial charge is 0.480 e. The first-order valence-electron chi connectivity index (χ1n) is 5.87. The van der Waals surface area contributed by atoms with Crippen molar-refractivity contribution < 1.29 is 19.0 Å². The number of hydrogen-bond acceptors (Lipinski definition) is 3. The number of likely N-dealkylation sites (N-methyl/N-ethyl adjacent to an activating group) is 1. The normalized spacial score (nSPS) is 13.8. The molecule has 18 heavy (non-hydrogen) atoms. The Balaban J connectivity index is 2.88. The SMILES string of the molecule is CCNC(=O)C(C)Oc1cc(F)ccc1[C@@H](C)O. The molecular weight excluding hydrogens is 237 g/mol. The quantitative estimate of drug-likeness (QED) is 0.843. The highest BCUT2D eigenvalue weighted by molar-refractivity contribution is 5.80. The van der Waals surface area contributed by atoms with E-state index in [1.54, 1.807) is 20.8 Å². The summed E-state index contributed by atoms with van der Waals surface area (Å²) in [6.07, 6.45) is -1.54. The Morgan fingerprint density at radius 1 is 1.50 bits per heavy atom. The van der Waals surface area contributed by atoms with Crippen LogP contribution in [0, 0.1) is 5.82 Å². The summed E-state index contributed by atoms with van der Waals surface area (Å²) in [5.41, 5.74) is 0.451. The van der Waals surface area contributed by atoms with Gasteiger partial charge in [0.25, 0.3) is 5.91 Å². The minimum Gasteiger partial charge on any atom is -0.480 e. The first kappa shape index (κ1) is 14.4. The number of carbonyl (C=O) groups is 1. The molecule has 4 nitrogen and oxygen atoms in total. The molecule has 0 bridgehead atoms. The number of aliphatic hydroxyl groups excluding tert-OH is 1. The lowest BCUT2D eigenvalue weighted by atomic mass is 10.1. The number of carbonyl (C=O) groups excluding carboxylic acids is 1. The van der Waals surface area contributed by atoms with Gasteiger partial charge in [0.05, 0.1) is 6.10 Å². The Morgan fingerprint density at radius 2 is 2.17 bits per heavy atom. The molecule has 1 aromatic carbocycles. The highest BCUT2D eigenvalue weighted by Crippen LogP contribution is 2.26. The molecule has 0 aliphatic heterocycles. The van der Waals surface area contributed by atoms with Gasteiger partial charge in [-0.3, -0.25) is 4.79 Å². The van der Waals surface area contributed by atoms with Crippen LogP contribution in [0.15, 0.2) is 18.2 Å². The number of hydrogen-bond donors (Lipinski definition) is 2. The first-order valence-corrected chi connectivity index (χ1v) is 5.87. The number of aliphatic hydroxyl groups is 1. The van der Waals surface area contributed by atoms with Gasteiger partial charge < -0.3 is 15.2 Å². The van der Waals surface area contributed by atoms with Crippen LogP contribution in [0.3, 0.4) is 0 Å². The summed E-state index contributed by atoms with van der Waals surface area (Å²) in [7, 11) is 0. The molecule has 0 heterocycles. The maximum atomic E-state index is 13.1. The summed E-state index contributed by atoms with van der Waals surface area (Å²) >= 11 is 0. The molecule has 5 heteroatoms. The molecule has 1 rings (SSSR count). The second kappa shape index (κ2) is 6.35. The van der Waals surface area contributed by atoms with E-state index in [1.807, 2.05) is 0 Å². The maximum absolute atomic E-state index is 13.1. The highest BCUT2D eigenvalue weighted by Gasteiger charge is 2.17.